The molecule has 4 heteroatoms. The maximum absolute atomic E-state index is 11.7. The van der Waals surface area contributed by atoms with Crippen LogP contribution in [0.25, 0.3) is 0 Å². The number of carbonyl (C=O) groups is 1. The Balaban J connectivity index is 2.55. The van der Waals surface area contributed by atoms with Crippen molar-refractivity contribution in [1.82, 2.24) is 10.2 Å². The molecule has 0 radical (unpaired) electrons. The number of amides is 1. The van der Waals surface area contributed by atoms with Crippen LogP contribution < -0.4 is 10.1 Å². The lowest BCUT2D eigenvalue weighted by molar-refractivity contribution is -0.131. The fourth-order valence-electron chi connectivity index (χ4n) is 1.62. The van der Waals surface area contributed by atoms with Crippen LogP contribution in [0.1, 0.15) is 25.8 Å². The number of benzene rings is 1. The fraction of sp³-hybridized carbons (Fsp3) is 0.533. The zero-order chi connectivity index (χ0) is 14.1. The molecule has 1 rings (SSSR count). The lowest BCUT2D eigenvalue weighted by atomic mass is 10.2. The monoisotopic (exact) mass is 264 g/mol. The third-order valence-electron chi connectivity index (χ3n) is 2.97. The Morgan fingerprint density at radius 3 is 2.74 bits per heavy atom. The average Bonchev–Trinajstić information content (AvgIpc) is 2.45. The summed E-state index contributed by atoms with van der Waals surface area (Å²) in [5.41, 5.74) is 1.09. The first-order valence-electron chi connectivity index (χ1n) is 6.84. The van der Waals surface area contributed by atoms with Crippen molar-refractivity contribution in [1.29, 1.82) is 0 Å². The van der Waals surface area contributed by atoms with Gasteiger partial charge < -0.3 is 15.0 Å². The number of hydrogen-bond acceptors (Lipinski definition) is 3. The molecule has 1 N–H and O–H groups in total. The second kappa shape index (κ2) is 8.53. The van der Waals surface area contributed by atoms with E-state index in [4.69, 9.17) is 4.74 Å². The van der Waals surface area contributed by atoms with Crippen LogP contribution in [0.15, 0.2) is 24.3 Å². The third-order valence-corrected chi connectivity index (χ3v) is 2.97. The normalized spacial score (nSPS) is 10.3. The van der Waals surface area contributed by atoms with Gasteiger partial charge in [0.25, 0.3) is 5.91 Å². The number of carbonyl (C=O) groups excluding carboxylic acids is 1. The molecule has 0 saturated carbocycles. The number of para-hydroxylation sites is 1. The number of nitrogens with zero attached hydrogens (tertiary/aromatic N) is 1. The zero-order valence-corrected chi connectivity index (χ0v) is 12.1. The minimum absolute atomic E-state index is 0.00109. The molecule has 106 valence electrons. The van der Waals surface area contributed by atoms with Gasteiger partial charge in [-0.3, -0.25) is 4.79 Å². The predicted octanol–water partition coefficient (Wildman–Crippen LogP) is 2.04. The number of nitrogens with one attached hydrogen (secondary N) is 1. The topological polar surface area (TPSA) is 41.6 Å². The highest BCUT2D eigenvalue weighted by molar-refractivity contribution is 5.77. The Hall–Kier alpha value is -1.55. The van der Waals surface area contributed by atoms with E-state index in [9.17, 15) is 4.79 Å². The molecule has 4 nitrogen and oxygen atoms in total. The maximum atomic E-state index is 11.7. The first-order chi connectivity index (χ1) is 9.19. The van der Waals surface area contributed by atoms with E-state index in [2.05, 4.69) is 12.2 Å². The van der Waals surface area contributed by atoms with Crippen LogP contribution >= 0.6 is 0 Å². The molecule has 0 saturated heterocycles. The van der Waals surface area contributed by atoms with Crippen molar-refractivity contribution in [3.63, 3.8) is 0 Å². The van der Waals surface area contributed by atoms with Crippen molar-refractivity contribution in [3.05, 3.63) is 29.8 Å². The van der Waals surface area contributed by atoms with Gasteiger partial charge in [0.15, 0.2) is 6.61 Å². The lowest BCUT2D eigenvalue weighted by Gasteiger charge is -2.16. The number of ether oxygens (including phenoxy) is 1. The van der Waals surface area contributed by atoms with E-state index in [-0.39, 0.29) is 12.5 Å². The van der Waals surface area contributed by atoms with Crippen molar-refractivity contribution < 1.29 is 9.53 Å². The highest BCUT2D eigenvalue weighted by atomic mass is 16.5. The van der Waals surface area contributed by atoms with Gasteiger partial charge in [-0.2, -0.15) is 0 Å². The number of likely N-dealkylation sites (N-methyl/N-ethyl adjacent to an activating group) is 1. The second-order valence-corrected chi connectivity index (χ2v) is 4.48. The summed E-state index contributed by atoms with van der Waals surface area (Å²) >= 11 is 0. The van der Waals surface area contributed by atoms with Gasteiger partial charge in [0, 0.05) is 25.7 Å². The summed E-state index contributed by atoms with van der Waals surface area (Å²) in [6, 6.07) is 7.83. The second-order valence-electron chi connectivity index (χ2n) is 4.48. The summed E-state index contributed by atoms with van der Waals surface area (Å²) in [6.07, 6.45) is 1.10. The van der Waals surface area contributed by atoms with Crippen molar-refractivity contribution >= 4 is 5.91 Å². The largest absolute Gasteiger partial charge is 0.483 e. The number of hydrogen-bond donors (Lipinski definition) is 1. The van der Waals surface area contributed by atoms with Gasteiger partial charge in [-0.25, -0.2) is 0 Å². The molecule has 0 aromatic heterocycles. The molecule has 0 aliphatic rings. The van der Waals surface area contributed by atoms with Crippen LogP contribution in [0.2, 0.25) is 0 Å². The van der Waals surface area contributed by atoms with Crippen LogP contribution in [0, 0.1) is 0 Å². The molecule has 0 aliphatic heterocycles. The van der Waals surface area contributed by atoms with E-state index in [1.165, 1.54) is 0 Å². The molecule has 19 heavy (non-hydrogen) atoms. The molecule has 1 amide bonds. The third kappa shape index (κ3) is 5.30. The van der Waals surface area contributed by atoms with Gasteiger partial charge in [0.1, 0.15) is 5.75 Å². The van der Waals surface area contributed by atoms with Gasteiger partial charge in [-0.05, 0) is 26.0 Å². The molecule has 0 spiro atoms. The van der Waals surface area contributed by atoms with E-state index >= 15 is 0 Å². The SMILES string of the molecule is CCCNCc1ccccc1OCC(=O)N(C)CC. The quantitative estimate of drug-likeness (QED) is 0.731. The van der Waals surface area contributed by atoms with Crippen molar-refractivity contribution in [2.24, 2.45) is 0 Å². The van der Waals surface area contributed by atoms with E-state index in [1.54, 1.807) is 11.9 Å². The molecule has 0 heterocycles. The Morgan fingerprint density at radius 1 is 1.32 bits per heavy atom. The predicted molar refractivity (Wildman–Crippen MR) is 77.2 cm³/mol. The molecule has 1 aromatic carbocycles. The minimum atomic E-state index is -0.00109. The fourth-order valence-corrected chi connectivity index (χ4v) is 1.62. The van der Waals surface area contributed by atoms with Gasteiger partial charge in [0.2, 0.25) is 0 Å². The summed E-state index contributed by atoms with van der Waals surface area (Å²) in [7, 11) is 1.78. The molecule has 0 aliphatic carbocycles. The molecule has 1 aromatic rings. The first kappa shape index (κ1) is 15.5. The van der Waals surface area contributed by atoms with E-state index in [0.717, 1.165) is 30.8 Å². The standard InChI is InChI=1S/C15H24N2O2/c1-4-10-16-11-13-8-6-7-9-14(13)19-12-15(18)17(3)5-2/h6-9,16H,4-5,10-12H2,1-3H3. The summed E-state index contributed by atoms with van der Waals surface area (Å²) in [6.45, 7) is 6.61. The van der Waals surface area contributed by atoms with E-state index in [0.29, 0.717) is 6.54 Å². The van der Waals surface area contributed by atoms with Gasteiger partial charge in [-0.15, -0.1) is 0 Å². The Kier molecular flexibility index (Phi) is 6.97. The van der Waals surface area contributed by atoms with Crippen molar-refractivity contribution in [3.8, 4) is 5.75 Å². The van der Waals surface area contributed by atoms with E-state index in [1.807, 2.05) is 31.2 Å². The highest BCUT2D eigenvalue weighted by Crippen LogP contribution is 2.17. The zero-order valence-electron chi connectivity index (χ0n) is 12.1. The average molecular weight is 264 g/mol. The van der Waals surface area contributed by atoms with Crippen LogP contribution in [-0.4, -0.2) is 37.6 Å². The van der Waals surface area contributed by atoms with Crippen molar-refractivity contribution in [2.75, 3.05) is 26.7 Å². The highest BCUT2D eigenvalue weighted by Gasteiger charge is 2.09. The van der Waals surface area contributed by atoms with Gasteiger partial charge in [-0.1, -0.05) is 25.1 Å². The lowest BCUT2D eigenvalue weighted by Crippen LogP contribution is -2.31. The van der Waals surface area contributed by atoms with Crippen molar-refractivity contribution in [2.45, 2.75) is 26.8 Å². The maximum Gasteiger partial charge on any atom is 0.260 e. The van der Waals surface area contributed by atoms with Gasteiger partial charge >= 0.3 is 0 Å². The summed E-state index contributed by atoms with van der Waals surface area (Å²) < 4.78 is 5.62. The van der Waals surface area contributed by atoms with Crippen LogP contribution in [0.5, 0.6) is 5.75 Å². The molecule has 0 atom stereocenters. The molecule has 0 bridgehead atoms. The minimum Gasteiger partial charge on any atom is -0.483 e. The Morgan fingerprint density at radius 2 is 2.05 bits per heavy atom. The smallest absolute Gasteiger partial charge is 0.260 e. The van der Waals surface area contributed by atoms with E-state index < -0.39 is 0 Å². The Labute approximate surface area is 115 Å². The molecular formula is C15H24N2O2. The Bertz CT molecular complexity index is 393. The van der Waals surface area contributed by atoms with Crippen LogP contribution in [0.4, 0.5) is 0 Å². The summed E-state index contributed by atoms with van der Waals surface area (Å²) in [4.78, 5) is 13.4. The number of rotatable bonds is 8. The van der Waals surface area contributed by atoms with Crippen LogP contribution in [-0.2, 0) is 11.3 Å². The molecular weight excluding hydrogens is 240 g/mol. The summed E-state index contributed by atoms with van der Waals surface area (Å²) in [5, 5.41) is 3.34. The van der Waals surface area contributed by atoms with Crippen LogP contribution in [0.3, 0.4) is 0 Å². The molecule has 0 unspecified atom stereocenters. The molecule has 0 fully saturated rings. The first-order valence-corrected chi connectivity index (χ1v) is 6.84. The van der Waals surface area contributed by atoms with Gasteiger partial charge in [0.05, 0.1) is 0 Å². The summed E-state index contributed by atoms with van der Waals surface area (Å²) in [5.74, 6) is 0.780.